The first-order valence-corrected chi connectivity index (χ1v) is 10.8. The second-order valence-corrected chi connectivity index (χ2v) is 9.12. The highest BCUT2D eigenvalue weighted by molar-refractivity contribution is 7.91. The molecule has 1 atom stereocenters. The zero-order valence-corrected chi connectivity index (χ0v) is 16.5. The summed E-state index contributed by atoms with van der Waals surface area (Å²) in [4.78, 5) is 12.8. The van der Waals surface area contributed by atoms with Crippen LogP contribution < -0.4 is 10.0 Å². The number of nitrogens with one attached hydrogen (secondary N) is 2. The van der Waals surface area contributed by atoms with E-state index in [2.05, 4.69) is 10.0 Å². The molecule has 3 rings (SSSR count). The van der Waals surface area contributed by atoms with Crippen molar-refractivity contribution in [2.75, 3.05) is 5.32 Å². The molecular weight excluding hydrogens is 404 g/mol. The maximum Gasteiger partial charge on any atom is 0.250 e. The van der Waals surface area contributed by atoms with Crippen LogP contribution in [0, 0.1) is 0 Å². The first-order chi connectivity index (χ1) is 12.9. The average Bonchev–Trinajstić information content (AvgIpc) is 3.19. The zero-order valence-electron chi connectivity index (χ0n) is 14.1. The molecule has 140 valence electrons. The van der Waals surface area contributed by atoms with E-state index in [0.29, 0.717) is 10.7 Å². The van der Waals surface area contributed by atoms with Gasteiger partial charge in [0, 0.05) is 10.7 Å². The molecule has 0 aliphatic heterocycles. The van der Waals surface area contributed by atoms with Crippen LogP contribution in [0.3, 0.4) is 0 Å². The minimum Gasteiger partial charge on any atom is -0.325 e. The lowest BCUT2D eigenvalue weighted by molar-refractivity contribution is -0.117. The molecule has 0 aliphatic rings. The van der Waals surface area contributed by atoms with Gasteiger partial charge in [0.25, 0.3) is 10.0 Å². The van der Waals surface area contributed by atoms with Crippen LogP contribution in [-0.2, 0) is 21.2 Å². The van der Waals surface area contributed by atoms with Crippen molar-refractivity contribution in [1.29, 1.82) is 0 Å². The third-order valence-electron chi connectivity index (χ3n) is 3.77. The fourth-order valence-electron chi connectivity index (χ4n) is 2.46. The number of hydrogen-bond donors (Lipinski definition) is 2. The Hall–Kier alpha value is -2.19. The van der Waals surface area contributed by atoms with Crippen LogP contribution >= 0.6 is 22.9 Å². The van der Waals surface area contributed by atoms with E-state index in [0.717, 1.165) is 16.9 Å². The molecule has 0 radical (unpaired) electrons. The number of halogens is 1. The lowest BCUT2D eigenvalue weighted by Crippen LogP contribution is -2.45. The summed E-state index contributed by atoms with van der Waals surface area (Å²) in [6.07, 6.45) is 0.227. The van der Waals surface area contributed by atoms with Gasteiger partial charge in [0.2, 0.25) is 5.91 Å². The molecule has 0 bridgehead atoms. The molecule has 27 heavy (non-hydrogen) atoms. The molecule has 1 amide bonds. The highest BCUT2D eigenvalue weighted by Gasteiger charge is 2.26. The predicted octanol–water partition coefficient (Wildman–Crippen LogP) is 3.93. The standard InChI is InChI=1S/C19H17ClN2O3S2/c20-15-8-10-16(11-9-15)21-19(23)17(13-14-5-2-1-3-6-14)22-27(24,25)18-7-4-12-26-18/h1-12,17,22H,13H2,(H,21,23)/t17-/m0/s1. The Labute approximate surface area is 167 Å². The summed E-state index contributed by atoms with van der Waals surface area (Å²) in [5, 5.41) is 4.96. The number of amides is 1. The van der Waals surface area contributed by atoms with Crippen molar-refractivity contribution in [3.8, 4) is 0 Å². The van der Waals surface area contributed by atoms with Gasteiger partial charge in [-0.1, -0.05) is 48.0 Å². The molecule has 0 aliphatic carbocycles. The van der Waals surface area contributed by atoms with Crippen molar-refractivity contribution >= 4 is 44.6 Å². The Bertz CT molecular complexity index is 989. The number of thiophene rings is 1. The Kier molecular flexibility index (Phi) is 6.28. The van der Waals surface area contributed by atoms with Crippen molar-refractivity contribution in [3.63, 3.8) is 0 Å². The number of benzene rings is 2. The summed E-state index contributed by atoms with van der Waals surface area (Å²) in [5.74, 6) is -0.443. The molecular formula is C19H17ClN2O3S2. The van der Waals surface area contributed by atoms with Crippen molar-refractivity contribution in [3.05, 3.63) is 82.7 Å². The number of carbonyl (C=O) groups is 1. The van der Waals surface area contributed by atoms with E-state index in [4.69, 9.17) is 11.6 Å². The van der Waals surface area contributed by atoms with E-state index in [9.17, 15) is 13.2 Å². The highest BCUT2D eigenvalue weighted by Crippen LogP contribution is 2.18. The number of sulfonamides is 1. The van der Waals surface area contributed by atoms with Gasteiger partial charge < -0.3 is 5.32 Å². The van der Waals surface area contributed by atoms with E-state index in [1.165, 1.54) is 6.07 Å². The molecule has 8 heteroatoms. The van der Waals surface area contributed by atoms with Crippen molar-refractivity contribution in [2.24, 2.45) is 0 Å². The topological polar surface area (TPSA) is 75.3 Å². The molecule has 2 N–H and O–H groups in total. The largest absolute Gasteiger partial charge is 0.325 e. The van der Waals surface area contributed by atoms with Gasteiger partial charge in [-0.3, -0.25) is 4.79 Å². The van der Waals surface area contributed by atoms with Crippen LogP contribution in [-0.4, -0.2) is 20.4 Å². The minimum atomic E-state index is -3.79. The van der Waals surface area contributed by atoms with Crippen LogP contribution in [0.2, 0.25) is 5.02 Å². The van der Waals surface area contributed by atoms with Crippen LogP contribution in [0.25, 0.3) is 0 Å². The maximum absolute atomic E-state index is 12.8. The van der Waals surface area contributed by atoms with Gasteiger partial charge in [0.15, 0.2) is 0 Å². The fourth-order valence-corrected chi connectivity index (χ4v) is 4.79. The van der Waals surface area contributed by atoms with Crippen LogP contribution in [0.4, 0.5) is 5.69 Å². The molecule has 5 nitrogen and oxygen atoms in total. The van der Waals surface area contributed by atoms with E-state index in [-0.39, 0.29) is 10.6 Å². The summed E-state index contributed by atoms with van der Waals surface area (Å²) in [6.45, 7) is 0. The van der Waals surface area contributed by atoms with Crippen molar-refractivity contribution in [2.45, 2.75) is 16.7 Å². The SMILES string of the molecule is O=C(Nc1ccc(Cl)cc1)[C@H](Cc1ccccc1)NS(=O)(=O)c1cccs1. The molecule has 3 aromatic rings. The summed E-state index contributed by atoms with van der Waals surface area (Å²) in [7, 11) is -3.79. The molecule has 0 saturated heterocycles. The quantitative estimate of drug-likeness (QED) is 0.608. The molecule has 1 aromatic heterocycles. The normalized spacial score (nSPS) is 12.5. The van der Waals surface area contributed by atoms with Crippen LogP contribution in [0.5, 0.6) is 0 Å². The van der Waals surface area contributed by atoms with Gasteiger partial charge >= 0.3 is 0 Å². The number of rotatable bonds is 7. The molecule has 0 spiro atoms. The lowest BCUT2D eigenvalue weighted by atomic mass is 10.1. The smallest absolute Gasteiger partial charge is 0.250 e. The summed E-state index contributed by atoms with van der Waals surface area (Å²) in [5.41, 5.74) is 1.39. The third-order valence-corrected chi connectivity index (χ3v) is 6.89. The first-order valence-electron chi connectivity index (χ1n) is 8.10. The third kappa shape index (κ3) is 5.40. The van der Waals surface area contributed by atoms with Gasteiger partial charge in [-0.05, 0) is 47.7 Å². The summed E-state index contributed by atoms with van der Waals surface area (Å²) >= 11 is 6.96. The minimum absolute atomic E-state index is 0.167. The van der Waals surface area contributed by atoms with Gasteiger partial charge in [0.05, 0.1) is 0 Å². The average molecular weight is 421 g/mol. The monoisotopic (exact) mass is 420 g/mol. The Morgan fingerprint density at radius 1 is 1.00 bits per heavy atom. The van der Waals surface area contributed by atoms with Gasteiger partial charge in [-0.2, -0.15) is 4.72 Å². The van der Waals surface area contributed by atoms with E-state index < -0.39 is 22.0 Å². The van der Waals surface area contributed by atoms with Crippen molar-refractivity contribution < 1.29 is 13.2 Å². The molecule has 2 aromatic carbocycles. The lowest BCUT2D eigenvalue weighted by Gasteiger charge is -2.18. The first kappa shape index (κ1) is 19.6. The molecule has 0 unspecified atom stereocenters. The second kappa shape index (κ2) is 8.67. The second-order valence-electron chi connectivity index (χ2n) is 5.79. The summed E-state index contributed by atoms with van der Waals surface area (Å²) in [6, 6.07) is 18.1. The van der Waals surface area contributed by atoms with Crippen molar-refractivity contribution in [1.82, 2.24) is 4.72 Å². The van der Waals surface area contributed by atoms with Crippen LogP contribution in [0.1, 0.15) is 5.56 Å². The predicted molar refractivity (Wildman–Crippen MR) is 109 cm³/mol. The fraction of sp³-hybridized carbons (Fsp3) is 0.105. The molecule has 1 heterocycles. The van der Waals surface area contributed by atoms with E-state index in [1.54, 1.807) is 35.7 Å². The number of anilines is 1. The number of carbonyl (C=O) groups excluding carboxylic acids is 1. The Morgan fingerprint density at radius 3 is 2.33 bits per heavy atom. The van der Waals surface area contributed by atoms with Gasteiger partial charge in [0.1, 0.15) is 10.3 Å². The Morgan fingerprint density at radius 2 is 1.70 bits per heavy atom. The zero-order chi connectivity index (χ0) is 19.3. The highest BCUT2D eigenvalue weighted by atomic mass is 35.5. The maximum atomic E-state index is 12.8. The van der Waals surface area contributed by atoms with Crippen LogP contribution in [0.15, 0.2) is 76.3 Å². The van der Waals surface area contributed by atoms with Gasteiger partial charge in [-0.15, -0.1) is 11.3 Å². The van der Waals surface area contributed by atoms with E-state index in [1.807, 2.05) is 30.3 Å². The van der Waals surface area contributed by atoms with Gasteiger partial charge in [-0.25, -0.2) is 8.42 Å². The summed E-state index contributed by atoms with van der Waals surface area (Å²) < 4.78 is 27.9. The molecule has 0 saturated carbocycles. The Balaban J connectivity index is 1.82. The molecule has 0 fully saturated rings. The van der Waals surface area contributed by atoms with E-state index >= 15 is 0 Å². The number of hydrogen-bond acceptors (Lipinski definition) is 4.